The Morgan fingerprint density at radius 2 is 2.15 bits per heavy atom. The van der Waals surface area contributed by atoms with E-state index >= 15 is 0 Å². The fourth-order valence-corrected chi connectivity index (χ4v) is 5.99. The normalized spacial score (nSPS) is 16.8. The van der Waals surface area contributed by atoms with Crippen LogP contribution >= 0.6 is 38.9 Å². The second-order valence-electron chi connectivity index (χ2n) is 6.99. The molecule has 5 nitrogen and oxygen atoms in total. The van der Waals surface area contributed by atoms with Gasteiger partial charge in [0.05, 0.1) is 21.2 Å². The smallest absolute Gasteiger partial charge is 0.259 e. The average Bonchev–Trinajstić information content (AvgIpc) is 3.13. The molecule has 0 unspecified atom stereocenters. The molecule has 0 saturated heterocycles. The summed E-state index contributed by atoms with van der Waals surface area (Å²) in [5.41, 5.74) is 14.5. The molecule has 8 heteroatoms. The molecule has 1 amide bonds. The SMILES string of the molecule is Cn1ncc(Br)c1-c1c(Cl)sc(C(N)=O)c1[C@@H](CN)CC1CCCCC1. The van der Waals surface area contributed by atoms with Crippen LogP contribution in [0.1, 0.15) is 59.7 Å². The maximum atomic E-state index is 12.1. The lowest BCUT2D eigenvalue weighted by atomic mass is 9.79. The van der Waals surface area contributed by atoms with Gasteiger partial charge in [-0.15, -0.1) is 11.3 Å². The first-order valence-electron chi connectivity index (χ1n) is 8.93. The van der Waals surface area contributed by atoms with Gasteiger partial charge in [0.25, 0.3) is 5.91 Å². The predicted octanol–water partition coefficient (Wildman–Crippen LogP) is 4.68. The zero-order valence-electron chi connectivity index (χ0n) is 14.8. The number of primary amides is 1. The van der Waals surface area contributed by atoms with Crippen LogP contribution in [0.4, 0.5) is 0 Å². The van der Waals surface area contributed by atoms with Crippen LogP contribution in [0.25, 0.3) is 11.3 Å². The van der Waals surface area contributed by atoms with Crippen LogP contribution in [0, 0.1) is 5.92 Å². The van der Waals surface area contributed by atoms with Crippen molar-refractivity contribution in [2.45, 2.75) is 44.4 Å². The lowest BCUT2D eigenvalue weighted by molar-refractivity contribution is 0.100. The number of rotatable bonds is 6. The van der Waals surface area contributed by atoms with Crippen LogP contribution < -0.4 is 11.5 Å². The van der Waals surface area contributed by atoms with Gasteiger partial charge in [-0.25, -0.2) is 0 Å². The van der Waals surface area contributed by atoms with Crippen LogP contribution in [0.5, 0.6) is 0 Å². The summed E-state index contributed by atoms with van der Waals surface area (Å²) < 4.78 is 3.16. The van der Waals surface area contributed by atoms with Crippen molar-refractivity contribution < 1.29 is 4.79 Å². The molecular weight excluding hydrogens is 436 g/mol. The Morgan fingerprint density at radius 3 is 2.69 bits per heavy atom. The average molecular weight is 460 g/mol. The summed E-state index contributed by atoms with van der Waals surface area (Å²) >= 11 is 11.4. The van der Waals surface area contributed by atoms with Crippen LogP contribution in [-0.2, 0) is 7.05 Å². The van der Waals surface area contributed by atoms with E-state index in [9.17, 15) is 4.79 Å². The molecule has 4 N–H and O–H groups in total. The number of carbonyl (C=O) groups is 1. The summed E-state index contributed by atoms with van der Waals surface area (Å²) in [5, 5.41) is 4.30. The summed E-state index contributed by atoms with van der Waals surface area (Å²) in [4.78, 5) is 12.7. The van der Waals surface area contributed by atoms with Crippen molar-refractivity contribution in [2.24, 2.45) is 24.4 Å². The van der Waals surface area contributed by atoms with E-state index in [4.69, 9.17) is 23.1 Å². The fraction of sp³-hybridized carbons (Fsp3) is 0.556. The lowest BCUT2D eigenvalue weighted by Gasteiger charge is -2.27. The highest BCUT2D eigenvalue weighted by Crippen LogP contribution is 2.47. The predicted molar refractivity (Wildman–Crippen MR) is 111 cm³/mol. The third kappa shape index (κ3) is 3.86. The van der Waals surface area contributed by atoms with Crippen molar-refractivity contribution in [3.05, 3.63) is 25.4 Å². The molecule has 1 saturated carbocycles. The molecule has 1 atom stereocenters. The van der Waals surface area contributed by atoms with Crippen molar-refractivity contribution in [3.8, 4) is 11.3 Å². The molecule has 1 aliphatic rings. The Kier molecular flexibility index (Phi) is 6.43. The van der Waals surface area contributed by atoms with E-state index in [1.54, 1.807) is 10.9 Å². The fourth-order valence-electron chi connectivity index (χ4n) is 4.06. The number of hydrogen-bond donors (Lipinski definition) is 2. The molecule has 0 aromatic carbocycles. The second kappa shape index (κ2) is 8.42. The third-order valence-electron chi connectivity index (χ3n) is 5.29. The van der Waals surface area contributed by atoms with Gasteiger partial charge < -0.3 is 11.5 Å². The van der Waals surface area contributed by atoms with Gasteiger partial charge in [0, 0.05) is 12.6 Å². The monoisotopic (exact) mass is 458 g/mol. The largest absolute Gasteiger partial charge is 0.365 e. The minimum Gasteiger partial charge on any atom is -0.365 e. The highest BCUT2D eigenvalue weighted by atomic mass is 79.9. The van der Waals surface area contributed by atoms with Crippen molar-refractivity contribution in [3.63, 3.8) is 0 Å². The van der Waals surface area contributed by atoms with Gasteiger partial charge in [-0.2, -0.15) is 5.10 Å². The van der Waals surface area contributed by atoms with Gasteiger partial charge in [0.15, 0.2) is 0 Å². The summed E-state index contributed by atoms with van der Waals surface area (Å²) in [5.74, 6) is 0.249. The summed E-state index contributed by atoms with van der Waals surface area (Å²) in [6.45, 7) is 0.465. The molecular formula is C18H24BrClN4OS. The first-order valence-corrected chi connectivity index (χ1v) is 10.9. The number of amides is 1. The van der Waals surface area contributed by atoms with E-state index in [1.165, 1.54) is 43.4 Å². The quantitative estimate of drug-likeness (QED) is 0.657. The second-order valence-corrected chi connectivity index (χ2v) is 9.47. The van der Waals surface area contributed by atoms with Crippen molar-refractivity contribution in [1.29, 1.82) is 0 Å². The summed E-state index contributed by atoms with van der Waals surface area (Å²) in [6, 6.07) is 0. The molecule has 2 aromatic rings. The molecule has 26 heavy (non-hydrogen) atoms. The highest BCUT2D eigenvalue weighted by molar-refractivity contribution is 9.10. The number of hydrogen-bond acceptors (Lipinski definition) is 4. The summed E-state index contributed by atoms with van der Waals surface area (Å²) in [6.07, 6.45) is 9.01. The molecule has 0 radical (unpaired) electrons. The lowest BCUT2D eigenvalue weighted by Crippen LogP contribution is -2.22. The highest BCUT2D eigenvalue weighted by Gasteiger charge is 2.31. The van der Waals surface area contributed by atoms with Gasteiger partial charge >= 0.3 is 0 Å². The Bertz CT molecular complexity index is 778. The number of nitrogens with two attached hydrogens (primary N) is 2. The van der Waals surface area contributed by atoms with E-state index in [2.05, 4.69) is 21.0 Å². The number of carbonyl (C=O) groups excluding carboxylic acids is 1. The van der Waals surface area contributed by atoms with Crippen LogP contribution in [0.15, 0.2) is 10.7 Å². The van der Waals surface area contributed by atoms with E-state index in [-0.39, 0.29) is 5.92 Å². The van der Waals surface area contributed by atoms with Gasteiger partial charge in [-0.3, -0.25) is 9.48 Å². The van der Waals surface area contributed by atoms with Crippen LogP contribution in [0.2, 0.25) is 4.34 Å². The zero-order chi connectivity index (χ0) is 18.8. The topological polar surface area (TPSA) is 86.9 Å². The zero-order valence-corrected chi connectivity index (χ0v) is 18.0. The van der Waals surface area contributed by atoms with E-state index in [0.29, 0.717) is 21.7 Å². The standard InChI is InChI=1S/C18H24BrClN4OS/c1-24-15(12(19)9-23-24)14-13(16(18(22)25)26-17(14)20)11(8-21)7-10-5-3-2-4-6-10/h9-11H,2-8,21H2,1H3,(H2,22,25)/t11-/m1/s1. The van der Waals surface area contributed by atoms with Gasteiger partial charge in [-0.05, 0) is 46.3 Å². The number of halogens is 2. The van der Waals surface area contributed by atoms with Crippen LogP contribution in [0.3, 0.4) is 0 Å². The first kappa shape index (κ1) is 19.9. The van der Waals surface area contributed by atoms with Crippen molar-refractivity contribution in [1.82, 2.24) is 9.78 Å². The molecule has 0 bridgehead atoms. The Labute approximate surface area is 171 Å². The molecule has 1 fully saturated rings. The molecule has 3 rings (SSSR count). The Balaban J connectivity index is 2.09. The maximum Gasteiger partial charge on any atom is 0.259 e. The Hall–Kier alpha value is -0.890. The van der Waals surface area contributed by atoms with E-state index in [1.807, 2.05) is 7.05 Å². The number of thiophene rings is 1. The minimum absolute atomic E-state index is 0.0566. The molecule has 142 valence electrons. The minimum atomic E-state index is -0.446. The molecule has 2 aromatic heterocycles. The number of aromatic nitrogens is 2. The molecule has 0 aliphatic heterocycles. The van der Waals surface area contributed by atoms with Crippen molar-refractivity contribution >= 4 is 44.8 Å². The molecule has 1 aliphatic carbocycles. The maximum absolute atomic E-state index is 12.1. The van der Waals surface area contributed by atoms with Crippen LogP contribution in [-0.4, -0.2) is 22.2 Å². The van der Waals surface area contributed by atoms with E-state index < -0.39 is 5.91 Å². The summed E-state index contributed by atoms with van der Waals surface area (Å²) in [7, 11) is 1.86. The van der Waals surface area contributed by atoms with Gasteiger partial charge in [0.2, 0.25) is 0 Å². The molecule has 2 heterocycles. The Morgan fingerprint density at radius 1 is 1.46 bits per heavy atom. The number of nitrogens with zero attached hydrogens (tertiary/aromatic N) is 2. The van der Waals surface area contributed by atoms with Gasteiger partial charge in [0.1, 0.15) is 4.34 Å². The third-order valence-corrected chi connectivity index (χ3v) is 7.30. The number of aryl methyl sites for hydroxylation is 1. The van der Waals surface area contributed by atoms with Crippen molar-refractivity contribution in [2.75, 3.05) is 6.54 Å². The molecule has 0 spiro atoms. The van der Waals surface area contributed by atoms with Gasteiger partial charge in [-0.1, -0.05) is 43.7 Å². The van der Waals surface area contributed by atoms with E-state index in [0.717, 1.165) is 27.7 Å². The first-order chi connectivity index (χ1) is 12.4.